The fourth-order valence-electron chi connectivity index (χ4n) is 1.69. The number of nitrogens with zero attached hydrogens (tertiary/aromatic N) is 3. The van der Waals surface area contributed by atoms with Crippen LogP contribution in [0.2, 0.25) is 5.02 Å². The quantitative estimate of drug-likeness (QED) is 0.702. The number of aromatic nitrogens is 3. The second-order valence-electron chi connectivity index (χ2n) is 3.92. The first-order valence-electron chi connectivity index (χ1n) is 5.46. The summed E-state index contributed by atoms with van der Waals surface area (Å²) in [4.78, 5) is 4.37. The molecule has 0 amide bonds. The Morgan fingerprint density at radius 3 is 2.95 bits per heavy atom. The zero-order chi connectivity index (χ0) is 13.4. The van der Waals surface area contributed by atoms with Gasteiger partial charge in [-0.2, -0.15) is 4.98 Å². The zero-order valence-electron chi connectivity index (χ0n) is 9.64. The van der Waals surface area contributed by atoms with Gasteiger partial charge in [0, 0.05) is 11.9 Å². The van der Waals surface area contributed by atoms with E-state index in [0.29, 0.717) is 22.3 Å². The van der Waals surface area contributed by atoms with E-state index in [9.17, 15) is 0 Å². The molecule has 5 nitrogen and oxygen atoms in total. The van der Waals surface area contributed by atoms with Gasteiger partial charge in [-0.3, -0.25) is 0 Å². The summed E-state index contributed by atoms with van der Waals surface area (Å²) in [5.41, 5.74) is 7.75. The van der Waals surface area contributed by atoms with Crippen molar-refractivity contribution in [2.75, 3.05) is 11.1 Å². The van der Waals surface area contributed by atoms with E-state index >= 15 is 0 Å². The maximum absolute atomic E-state index is 6.09. The van der Waals surface area contributed by atoms with E-state index in [-0.39, 0.29) is 0 Å². The number of fused-ring (bicyclic) bond motifs is 1. The van der Waals surface area contributed by atoms with Crippen molar-refractivity contribution in [2.24, 2.45) is 0 Å². The summed E-state index contributed by atoms with van der Waals surface area (Å²) in [5, 5.41) is 7.92. The van der Waals surface area contributed by atoms with Gasteiger partial charge in [0.05, 0.1) is 15.2 Å². The minimum Gasteiger partial charge on any atom is -0.399 e. The SMILES string of the molecule is Nc1ccc(Cl)c(Nc2nc3c(Br)cccn3n2)c1. The number of hydrogen-bond donors (Lipinski definition) is 2. The zero-order valence-corrected chi connectivity index (χ0v) is 12.0. The fraction of sp³-hybridized carbons (Fsp3) is 0. The highest BCUT2D eigenvalue weighted by atomic mass is 79.9. The third kappa shape index (κ3) is 2.36. The minimum absolute atomic E-state index is 0.458. The number of anilines is 3. The highest BCUT2D eigenvalue weighted by Crippen LogP contribution is 2.27. The van der Waals surface area contributed by atoms with Gasteiger partial charge in [0.15, 0.2) is 5.65 Å². The molecule has 3 aromatic rings. The molecule has 0 radical (unpaired) electrons. The Hall–Kier alpha value is -1.79. The molecule has 0 unspecified atom stereocenters. The van der Waals surface area contributed by atoms with E-state index in [1.807, 2.05) is 18.3 Å². The van der Waals surface area contributed by atoms with Crippen LogP contribution in [0.1, 0.15) is 0 Å². The average Bonchev–Trinajstić information content (AvgIpc) is 2.78. The van der Waals surface area contributed by atoms with Crippen molar-refractivity contribution in [1.82, 2.24) is 14.6 Å². The Morgan fingerprint density at radius 1 is 1.32 bits per heavy atom. The van der Waals surface area contributed by atoms with Crippen LogP contribution < -0.4 is 11.1 Å². The van der Waals surface area contributed by atoms with Crippen molar-refractivity contribution < 1.29 is 0 Å². The van der Waals surface area contributed by atoms with Gasteiger partial charge in [0.25, 0.3) is 0 Å². The van der Waals surface area contributed by atoms with Crippen LogP contribution in [0.5, 0.6) is 0 Å². The fourth-order valence-corrected chi connectivity index (χ4v) is 2.27. The molecule has 0 fully saturated rings. The van der Waals surface area contributed by atoms with Crippen molar-refractivity contribution >= 4 is 50.5 Å². The number of nitrogens with one attached hydrogen (secondary N) is 1. The van der Waals surface area contributed by atoms with Crippen LogP contribution in [0.3, 0.4) is 0 Å². The number of hydrogen-bond acceptors (Lipinski definition) is 4. The van der Waals surface area contributed by atoms with Crippen molar-refractivity contribution in [3.63, 3.8) is 0 Å². The normalized spacial score (nSPS) is 10.8. The van der Waals surface area contributed by atoms with Gasteiger partial charge >= 0.3 is 0 Å². The number of nitrogen functional groups attached to an aromatic ring is 1. The van der Waals surface area contributed by atoms with E-state index in [2.05, 4.69) is 31.3 Å². The number of rotatable bonds is 2. The van der Waals surface area contributed by atoms with Crippen molar-refractivity contribution in [3.8, 4) is 0 Å². The van der Waals surface area contributed by atoms with Crippen LogP contribution in [0, 0.1) is 0 Å². The first-order chi connectivity index (χ1) is 9.13. The lowest BCUT2D eigenvalue weighted by molar-refractivity contribution is 0.962. The molecule has 19 heavy (non-hydrogen) atoms. The predicted molar refractivity (Wildman–Crippen MR) is 79.8 cm³/mol. The highest BCUT2D eigenvalue weighted by Gasteiger charge is 2.08. The lowest BCUT2D eigenvalue weighted by Crippen LogP contribution is -1.95. The van der Waals surface area contributed by atoms with Crippen molar-refractivity contribution in [1.29, 1.82) is 0 Å². The van der Waals surface area contributed by atoms with Gasteiger partial charge in [-0.25, -0.2) is 4.52 Å². The van der Waals surface area contributed by atoms with Crippen LogP contribution in [0.4, 0.5) is 17.3 Å². The van der Waals surface area contributed by atoms with Gasteiger partial charge < -0.3 is 11.1 Å². The molecule has 0 aliphatic heterocycles. The van der Waals surface area contributed by atoms with Crippen LogP contribution in [-0.4, -0.2) is 14.6 Å². The molecular formula is C12H9BrClN5. The molecule has 1 aromatic carbocycles. The third-order valence-corrected chi connectivity index (χ3v) is 3.50. The molecule has 0 spiro atoms. The summed E-state index contributed by atoms with van der Waals surface area (Å²) >= 11 is 9.51. The lowest BCUT2D eigenvalue weighted by atomic mass is 10.3. The van der Waals surface area contributed by atoms with E-state index in [4.69, 9.17) is 17.3 Å². The summed E-state index contributed by atoms with van der Waals surface area (Å²) in [6, 6.07) is 8.99. The standard InChI is InChI=1S/C12H9BrClN5/c13-8-2-1-5-19-11(8)17-12(18-19)16-10-6-7(15)3-4-9(10)14/h1-6H,15H2,(H,16,18). The first kappa shape index (κ1) is 12.3. The van der Waals surface area contributed by atoms with E-state index in [0.717, 1.165) is 10.1 Å². The number of halogens is 2. The van der Waals surface area contributed by atoms with Crippen LogP contribution >= 0.6 is 27.5 Å². The molecule has 0 saturated heterocycles. The second kappa shape index (κ2) is 4.71. The topological polar surface area (TPSA) is 68.2 Å². The molecule has 0 saturated carbocycles. The summed E-state index contributed by atoms with van der Waals surface area (Å²) < 4.78 is 2.54. The molecule has 0 aliphatic carbocycles. The minimum atomic E-state index is 0.458. The summed E-state index contributed by atoms with van der Waals surface area (Å²) in [7, 11) is 0. The highest BCUT2D eigenvalue weighted by molar-refractivity contribution is 9.10. The first-order valence-corrected chi connectivity index (χ1v) is 6.63. The molecule has 96 valence electrons. The lowest BCUT2D eigenvalue weighted by Gasteiger charge is -2.04. The van der Waals surface area contributed by atoms with Crippen LogP contribution in [0.15, 0.2) is 41.0 Å². The Morgan fingerprint density at radius 2 is 2.16 bits per heavy atom. The third-order valence-electron chi connectivity index (χ3n) is 2.55. The van der Waals surface area contributed by atoms with Gasteiger partial charge in [-0.15, -0.1) is 5.10 Å². The van der Waals surface area contributed by atoms with E-state index in [1.165, 1.54) is 0 Å². The monoisotopic (exact) mass is 337 g/mol. The Bertz CT molecular complexity index is 755. The van der Waals surface area contributed by atoms with Gasteiger partial charge in [-0.05, 0) is 46.3 Å². The molecule has 3 rings (SSSR count). The summed E-state index contributed by atoms with van der Waals surface area (Å²) in [6.45, 7) is 0. The molecule has 2 aromatic heterocycles. The number of pyridine rings is 1. The molecule has 3 N–H and O–H groups in total. The number of benzene rings is 1. The van der Waals surface area contributed by atoms with Crippen LogP contribution in [-0.2, 0) is 0 Å². The second-order valence-corrected chi connectivity index (χ2v) is 5.19. The van der Waals surface area contributed by atoms with Gasteiger partial charge in [-0.1, -0.05) is 11.6 Å². The Labute approximate surface area is 122 Å². The summed E-state index contributed by atoms with van der Waals surface area (Å²) in [6.07, 6.45) is 1.82. The number of nitrogens with two attached hydrogens (primary N) is 1. The Balaban J connectivity index is 2.01. The molecule has 0 aliphatic rings. The van der Waals surface area contributed by atoms with E-state index in [1.54, 1.807) is 22.7 Å². The van der Waals surface area contributed by atoms with Gasteiger partial charge in [0.2, 0.25) is 5.95 Å². The van der Waals surface area contributed by atoms with E-state index < -0.39 is 0 Å². The van der Waals surface area contributed by atoms with Gasteiger partial charge in [0.1, 0.15) is 0 Å². The Kier molecular flexibility index (Phi) is 3.04. The molecular weight excluding hydrogens is 330 g/mol. The molecule has 7 heteroatoms. The molecule has 0 atom stereocenters. The smallest absolute Gasteiger partial charge is 0.247 e. The van der Waals surface area contributed by atoms with Crippen molar-refractivity contribution in [2.45, 2.75) is 0 Å². The molecule has 0 bridgehead atoms. The van der Waals surface area contributed by atoms with Crippen molar-refractivity contribution in [3.05, 3.63) is 46.0 Å². The van der Waals surface area contributed by atoms with Crippen LogP contribution in [0.25, 0.3) is 5.65 Å². The largest absolute Gasteiger partial charge is 0.399 e. The summed E-state index contributed by atoms with van der Waals surface area (Å²) in [5.74, 6) is 0.458. The predicted octanol–water partition coefficient (Wildman–Crippen LogP) is 3.47. The average molecular weight is 339 g/mol. The maximum atomic E-state index is 6.09. The molecule has 2 heterocycles. The maximum Gasteiger partial charge on any atom is 0.247 e.